The molecule has 0 aliphatic heterocycles. The second kappa shape index (κ2) is 9.82. The zero-order valence-corrected chi connectivity index (χ0v) is 14.8. The van der Waals surface area contributed by atoms with Crippen LogP contribution < -0.4 is 15.4 Å². The van der Waals surface area contributed by atoms with Crippen molar-refractivity contribution in [2.24, 2.45) is 0 Å². The minimum atomic E-state index is -0.267. The number of thioether (sulfide) groups is 1. The number of nitrogens with zero attached hydrogens (tertiary/aromatic N) is 1. The number of pyridine rings is 1. The molecule has 0 saturated heterocycles. The van der Waals surface area contributed by atoms with Gasteiger partial charge in [0, 0.05) is 30.2 Å². The van der Waals surface area contributed by atoms with Crippen molar-refractivity contribution >= 4 is 23.4 Å². The number of ether oxygens (including phenoxy) is 1. The Morgan fingerprint density at radius 3 is 2.88 bits per heavy atom. The molecule has 2 rings (SSSR count). The van der Waals surface area contributed by atoms with Gasteiger partial charge in [0.05, 0.1) is 12.1 Å². The molecule has 0 saturated carbocycles. The Kier molecular flexibility index (Phi) is 7.42. The molecule has 0 aliphatic rings. The highest BCUT2D eigenvalue weighted by molar-refractivity contribution is 7.99. The van der Waals surface area contributed by atoms with Crippen molar-refractivity contribution in [1.82, 2.24) is 10.3 Å². The molecule has 24 heavy (non-hydrogen) atoms. The molecule has 1 atom stereocenters. The Hall–Kier alpha value is -2.21. The zero-order valence-electron chi connectivity index (χ0n) is 14.0. The van der Waals surface area contributed by atoms with Crippen LogP contribution in [0.3, 0.4) is 0 Å². The average Bonchev–Trinajstić information content (AvgIpc) is 2.64. The Labute approximate surface area is 147 Å². The number of methoxy groups -OCH3 is 1. The maximum atomic E-state index is 12.3. The Bertz CT molecular complexity index is 637. The molecule has 5 nitrogen and oxygen atoms in total. The minimum Gasteiger partial charge on any atom is -0.497 e. The third-order valence-corrected chi connectivity index (χ3v) is 4.37. The first-order chi connectivity index (χ1) is 11.7. The van der Waals surface area contributed by atoms with Gasteiger partial charge in [-0.05, 0) is 30.7 Å². The molecule has 128 valence electrons. The van der Waals surface area contributed by atoms with Crippen LogP contribution in [0.5, 0.6) is 5.75 Å². The van der Waals surface area contributed by atoms with Gasteiger partial charge < -0.3 is 15.4 Å². The topological polar surface area (TPSA) is 63.2 Å². The number of hydrogen-bond acceptors (Lipinski definition) is 5. The van der Waals surface area contributed by atoms with Crippen molar-refractivity contribution in [2.75, 3.05) is 24.7 Å². The molecule has 0 spiro atoms. The number of benzene rings is 1. The van der Waals surface area contributed by atoms with E-state index in [1.165, 1.54) is 0 Å². The van der Waals surface area contributed by atoms with Gasteiger partial charge in [0.25, 0.3) is 0 Å². The molecule has 0 fully saturated rings. The summed E-state index contributed by atoms with van der Waals surface area (Å²) in [5.74, 6) is 1.56. The molecule has 0 radical (unpaired) electrons. The van der Waals surface area contributed by atoms with Crippen LogP contribution >= 0.6 is 11.8 Å². The van der Waals surface area contributed by atoms with Gasteiger partial charge in [-0.25, -0.2) is 4.98 Å². The van der Waals surface area contributed by atoms with Crippen LogP contribution in [0.2, 0.25) is 0 Å². The summed E-state index contributed by atoms with van der Waals surface area (Å²) in [5, 5.41) is 7.19. The number of hydrogen-bond donors (Lipinski definition) is 2. The summed E-state index contributed by atoms with van der Waals surface area (Å²) in [7, 11) is 1.63. The number of rotatable bonds is 9. The van der Waals surface area contributed by atoms with Gasteiger partial charge >= 0.3 is 0 Å². The van der Waals surface area contributed by atoms with Crippen LogP contribution in [0, 0.1) is 0 Å². The molecular weight excluding hydrogens is 322 g/mol. The lowest BCUT2D eigenvalue weighted by atomic mass is 10.2. The SMILES string of the molecule is CCC(Nc1cccc(OC)c1)C(=O)NCCSc1ccccn1. The Morgan fingerprint density at radius 1 is 1.29 bits per heavy atom. The number of nitrogens with one attached hydrogen (secondary N) is 2. The van der Waals surface area contributed by atoms with Crippen LogP contribution in [0.4, 0.5) is 5.69 Å². The highest BCUT2D eigenvalue weighted by Gasteiger charge is 2.15. The molecule has 2 aromatic rings. The first-order valence-corrected chi connectivity index (χ1v) is 8.93. The smallest absolute Gasteiger partial charge is 0.242 e. The van der Waals surface area contributed by atoms with Crippen LogP contribution in [-0.2, 0) is 4.79 Å². The number of carbonyl (C=O) groups is 1. The molecule has 1 aromatic heterocycles. The average molecular weight is 345 g/mol. The summed E-state index contributed by atoms with van der Waals surface area (Å²) in [6.07, 6.45) is 2.47. The molecule has 1 unspecified atom stereocenters. The molecule has 6 heteroatoms. The molecule has 1 aromatic carbocycles. The van der Waals surface area contributed by atoms with E-state index < -0.39 is 0 Å². The van der Waals surface area contributed by atoms with Gasteiger partial charge in [-0.15, -0.1) is 11.8 Å². The van der Waals surface area contributed by atoms with E-state index in [1.54, 1.807) is 25.1 Å². The fraction of sp³-hybridized carbons (Fsp3) is 0.333. The molecule has 0 aliphatic carbocycles. The van der Waals surface area contributed by atoms with Crippen LogP contribution in [0.1, 0.15) is 13.3 Å². The van der Waals surface area contributed by atoms with E-state index in [-0.39, 0.29) is 11.9 Å². The van der Waals surface area contributed by atoms with Gasteiger partial charge in [0.2, 0.25) is 5.91 Å². The van der Waals surface area contributed by atoms with Gasteiger partial charge in [-0.2, -0.15) is 0 Å². The summed E-state index contributed by atoms with van der Waals surface area (Å²) < 4.78 is 5.20. The van der Waals surface area contributed by atoms with Gasteiger partial charge in [0.15, 0.2) is 0 Å². The first-order valence-electron chi connectivity index (χ1n) is 7.95. The standard InChI is InChI=1S/C18H23N3O2S/c1-3-16(21-14-7-6-8-15(13-14)23-2)18(22)20-11-12-24-17-9-4-5-10-19-17/h4-10,13,16,21H,3,11-12H2,1-2H3,(H,20,22). The molecular formula is C18H23N3O2S. The van der Waals surface area contributed by atoms with E-state index in [0.29, 0.717) is 13.0 Å². The number of anilines is 1. The van der Waals surface area contributed by atoms with Crippen molar-refractivity contribution in [3.63, 3.8) is 0 Å². The molecule has 2 N–H and O–H groups in total. The second-order valence-electron chi connectivity index (χ2n) is 5.14. The molecule has 1 heterocycles. The van der Waals surface area contributed by atoms with Crippen LogP contribution in [0.25, 0.3) is 0 Å². The monoisotopic (exact) mass is 345 g/mol. The quantitative estimate of drug-likeness (QED) is 0.540. The molecule has 1 amide bonds. The Balaban J connectivity index is 1.78. The Morgan fingerprint density at radius 2 is 2.17 bits per heavy atom. The number of aromatic nitrogens is 1. The fourth-order valence-electron chi connectivity index (χ4n) is 2.15. The van der Waals surface area contributed by atoms with Gasteiger partial charge in [0.1, 0.15) is 11.8 Å². The van der Waals surface area contributed by atoms with E-state index in [9.17, 15) is 4.79 Å². The normalized spacial score (nSPS) is 11.6. The largest absolute Gasteiger partial charge is 0.497 e. The highest BCUT2D eigenvalue weighted by Crippen LogP contribution is 2.18. The van der Waals surface area contributed by atoms with E-state index in [2.05, 4.69) is 15.6 Å². The van der Waals surface area contributed by atoms with Crippen LogP contribution in [-0.4, -0.2) is 36.3 Å². The van der Waals surface area contributed by atoms with E-state index in [1.807, 2.05) is 49.4 Å². The minimum absolute atomic E-state index is 0.00180. The van der Waals surface area contributed by atoms with Gasteiger partial charge in [-0.3, -0.25) is 4.79 Å². The predicted octanol–water partition coefficient (Wildman–Crippen LogP) is 3.19. The summed E-state index contributed by atoms with van der Waals surface area (Å²) in [5.41, 5.74) is 0.874. The lowest BCUT2D eigenvalue weighted by Gasteiger charge is -2.18. The summed E-state index contributed by atoms with van der Waals surface area (Å²) >= 11 is 1.63. The fourth-order valence-corrected chi connectivity index (χ4v) is 2.88. The van der Waals surface area contributed by atoms with Crippen molar-refractivity contribution in [1.29, 1.82) is 0 Å². The maximum Gasteiger partial charge on any atom is 0.242 e. The van der Waals surface area contributed by atoms with Crippen molar-refractivity contribution < 1.29 is 9.53 Å². The number of amides is 1. The lowest BCUT2D eigenvalue weighted by molar-refractivity contribution is -0.121. The highest BCUT2D eigenvalue weighted by atomic mass is 32.2. The van der Waals surface area contributed by atoms with E-state index in [0.717, 1.165) is 22.2 Å². The van der Waals surface area contributed by atoms with Crippen molar-refractivity contribution in [2.45, 2.75) is 24.4 Å². The van der Waals surface area contributed by atoms with Gasteiger partial charge in [-0.1, -0.05) is 19.1 Å². The van der Waals surface area contributed by atoms with Crippen molar-refractivity contribution in [3.8, 4) is 5.75 Å². The second-order valence-corrected chi connectivity index (χ2v) is 6.26. The third-order valence-electron chi connectivity index (χ3n) is 3.42. The first kappa shape index (κ1) is 18.1. The maximum absolute atomic E-state index is 12.3. The summed E-state index contributed by atoms with van der Waals surface area (Å²) in [6, 6.07) is 13.1. The lowest BCUT2D eigenvalue weighted by Crippen LogP contribution is -2.40. The summed E-state index contributed by atoms with van der Waals surface area (Å²) in [6.45, 7) is 2.59. The molecule has 0 bridgehead atoms. The van der Waals surface area contributed by atoms with E-state index in [4.69, 9.17) is 4.74 Å². The number of carbonyl (C=O) groups excluding carboxylic acids is 1. The zero-order chi connectivity index (χ0) is 17.2. The van der Waals surface area contributed by atoms with Crippen LogP contribution in [0.15, 0.2) is 53.7 Å². The van der Waals surface area contributed by atoms with Crippen molar-refractivity contribution in [3.05, 3.63) is 48.7 Å². The third kappa shape index (κ3) is 5.77. The van der Waals surface area contributed by atoms with E-state index >= 15 is 0 Å². The summed E-state index contributed by atoms with van der Waals surface area (Å²) in [4.78, 5) is 16.6. The predicted molar refractivity (Wildman–Crippen MR) is 98.7 cm³/mol.